The minimum absolute atomic E-state index is 0.0358. The number of rotatable bonds is 9. The molecule has 16 heavy (non-hydrogen) atoms. The Kier molecular flexibility index (Phi) is 9.03. The van der Waals surface area contributed by atoms with Gasteiger partial charge in [0.05, 0.1) is 0 Å². The summed E-state index contributed by atoms with van der Waals surface area (Å²) in [5.41, 5.74) is 5.43. The van der Waals surface area contributed by atoms with Crippen molar-refractivity contribution in [3.63, 3.8) is 0 Å². The number of hydrogen-bond acceptors (Lipinski definition) is 4. The lowest BCUT2D eigenvalue weighted by Crippen LogP contribution is -2.25. The Labute approximate surface area is 95.7 Å². The summed E-state index contributed by atoms with van der Waals surface area (Å²) in [6.07, 6.45) is 7.51. The predicted molar refractivity (Wildman–Crippen MR) is 60.1 cm³/mol. The first-order chi connectivity index (χ1) is 7.70. The van der Waals surface area contributed by atoms with Crippen LogP contribution in [0.1, 0.15) is 32.1 Å². The van der Waals surface area contributed by atoms with E-state index in [2.05, 4.69) is 16.0 Å². The SMILES string of the molecule is C#CCCC(=O)NCCCC[C@H](N)OC=O. The number of unbranched alkanes of at least 4 members (excludes halogenated alkanes) is 1. The highest BCUT2D eigenvalue weighted by atomic mass is 16.5. The van der Waals surface area contributed by atoms with Gasteiger partial charge in [-0.15, -0.1) is 12.3 Å². The second kappa shape index (κ2) is 9.99. The molecule has 0 radical (unpaired) electrons. The lowest BCUT2D eigenvalue weighted by Gasteiger charge is -2.09. The maximum Gasteiger partial charge on any atom is 0.294 e. The van der Waals surface area contributed by atoms with E-state index in [1.54, 1.807) is 0 Å². The standard InChI is InChI=1S/C11H18N2O3/c1-2-3-7-11(15)13-8-5-4-6-10(12)16-9-14/h1,9-10H,3-8,12H2,(H,13,15)/t10-/m1/s1. The summed E-state index contributed by atoms with van der Waals surface area (Å²) >= 11 is 0. The fourth-order valence-corrected chi connectivity index (χ4v) is 1.11. The Morgan fingerprint density at radius 3 is 2.94 bits per heavy atom. The largest absolute Gasteiger partial charge is 0.449 e. The molecular weight excluding hydrogens is 208 g/mol. The van der Waals surface area contributed by atoms with Crippen molar-refractivity contribution < 1.29 is 14.3 Å². The van der Waals surface area contributed by atoms with E-state index in [0.717, 1.165) is 12.8 Å². The number of ether oxygens (including phenoxy) is 1. The Bertz CT molecular complexity index is 248. The summed E-state index contributed by atoms with van der Waals surface area (Å²) < 4.78 is 4.51. The van der Waals surface area contributed by atoms with E-state index < -0.39 is 6.23 Å². The van der Waals surface area contributed by atoms with E-state index in [1.165, 1.54) is 0 Å². The van der Waals surface area contributed by atoms with E-state index in [9.17, 15) is 9.59 Å². The van der Waals surface area contributed by atoms with E-state index in [4.69, 9.17) is 12.2 Å². The van der Waals surface area contributed by atoms with E-state index in [1.807, 2.05) is 0 Å². The van der Waals surface area contributed by atoms with Gasteiger partial charge in [-0.25, -0.2) is 0 Å². The number of terminal acetylenes is 1. The molecule has 0 aromatic heterocycles. The maximum atomic E-state index is 11.1. The highest BCUT2D eigenvalue weighted by molar-refractivity contribution is 5.76. The van der Waals surface area contributed by atoms with Crippen LogP contribution in [0.2, 0.25) is 0 Å². The molecule has 0 heterocycles. The van der Waals surface area contributed by atoms with Crippen LogP contribution in [0.25, 0.3) is 0 Å². The van der Waals surface area contributed by atoms with Gasteiger partial charge in [-0.3, -0.25) is 15.3 Å². The van der Waals surface area contributed by atoms with Gasteiger partial charge in [0.2, 0.25) is 5.91 Å². The van der Waals surface area contributed by atoms with Gasteiger partial charge >= 0.3 is 0 Å². The Morgan fingerprint density at radius 2 is 2.31 bits per heavy atom. The minimum atomic E-state index is -0.547. The molecule has 90 valence electrons. The smallest absolute Gasteiger partial charge is 0.294 e. The third kappa shape index (κ3) is 9.03. The Morgan fingerprint density at radius 1 is 1.56 bits per heavy atom. The van der Waals surface area contributed by atoms with Gasteiger partial charge in [-0.2, -0.15) is 0 Å². The van der Waals surface area contributed by atoms with Gasteiger partial charge in [0.15, 0.2) is 6.23 Å². The topological polar surface area (TPSA) is 81.4 Å². The van der Waals surface area contributed by atoms with Crippen molar-refractivity contribution in [1.82, 2.24) is 5.32 Å². The first kappa shape index (κ1) is 14.5. The molecule has 0 fully saturated rings. The zero-order valence-electron chi connectivity index (χ0n) is 9.28. The zero-order valence-corrected chi connectivity index (χ0v) is 9.28. The molecule has 0 aromatic rings. The van der Waals surface area contributed by atoms with Crippen LogP contribution in [0, 0.1) is 12.3 Å². The van der Waals surface area contributed by atoms with Gasteiger partial charge in [-0.1, -0.05) is 0 Å². The third-order valence-electron chi connectivity index (χ3n) is 1.96. The van der Waals surface area contributed by atoms with Crippen LogP contribution < -0.4 is 11.1 Å². The molecule has 0 saturated carbocycles. The van der Waals surface area contributed by atoms with Gasteiger partial charge < -0.3 is 10.1 Å². The number of amides is 1. The highest BCUT2D eigenvalue weighted by Gasteiger charge is 2.02. The van der Waals surface area contributed by atoms with Crippen LogP contribution in [0.15, 0.2) is 0 Å². The van der Waals surface area contributed by atoms with Crippen molar-refractivity contribution in [1.29, 1.82) is 0 Å². The molecule has 0 bridgehead atoms. The lowest BCUT2D eigenvalue weighted by molar-refractivity contribution is -0.133. The molecule has 0 aliphatic carbocycles. The van der Waals surface area contributed by atoms with Crippen LogP contribution in [0.5, 0.6) is 0 Å². The molecular formula is C11H18N2O3. The molecule has 1 amide bonds. The molecule has 3 N–H and O–H groups in total. The van der Waals surface area contributed by atoms with Crippen LogP contribution in [-0.4, -0.2) is 25.2 Å². The first-order valence-electron chi connectivity index (χ1n) is 5.25. The Balaban J connectivity index is 3.30. The molecule has 1 atom stereocenters. The van der Waals surface area contributed by atoms with Gasteiger partial charge in [0.25, 0.3) is 6.47 Å². The third-order valence-corrected chi connectivity index (χ3v) is 1.96. The summed E-state index contributed by atoms with van der Waals surface area (Å²) in [7, 11) is 0. The van der Waals surface area contributed by atoms with E-state index in [0.29, 0.717) is 32.3 Å². The van der Waals surface area contributed by atoms with Crippen molar-refractivity contribution in [2.45, 2.75) is 38.3 Å². The molecule has 5 nitrogen and oxygen atoms in total. The molecule has 0 unspecified atom stereocenters. The number of carbonyl (C=O) groups excluding carboxylic acids is 2. The normalized spacial score (nSPS) is 11.2. The van der Waals surface area contributed by atoms with Crippen molar-refractivity contribution in [3.05, 3.63) is 0 Å². The average Bonchev–Trinajstić information content (AvgIpc) is 2.26. The van der Waals surface area contributed by atoms with Crippen LogP contribution in [0.4, 0.5) is 0 Å². The van der Waals surface area contributed by atoms with Crippen LogP contribution in [-0.2, 0) is 14.3 Å². The molecule has 0 rings (SSSR count). The van der Waals surface area contributed by atoms with Crippen molar-refractivity contribution in [2.24, 2.45) is 5.73 Å². The number of nitrogens with one attached hydrogen (secondary N) is 1. The first-order valence-corrected chi connectivity index (χ1v) is 5.25. The second-order valence-corrected chi connectivity index (χ2v) is 3.32. The van der Waals surface area contributed by atoms with E-state index >= 15 is 0 Å². The van der Waals surface area contributed by atoms with E-state index in [-0.39, 0.29) is 5.91 Å². The van der Waals surface area contributed by atoms with Crippen molar-refractivity contribution in [2.75, 3.05) is 6.54 Å². The van der Waals surface area contributed by atoms with Gasteiger partial charge in [0, 0.05) is 19.4 Å². The van der Waals surface area contributed by atoms with Gasteiger partial charge in [-0.05, 0) is 19.3 Å². The second-order valence-electron chi connectivity index (χ2n) is 3.32. The van der Waals surface area contributed by atoms with Crippen molar-refractivity contribution >= 4 is 12.4 Å². The van der Waals surface area contributed by atoms with Crippen LogP contribution in [0.3, 0.4) is 0 Å². The molecule has 0 aliphatic rings. The van der Waals surface area contributed by atoms with Crippen molar-refractivity contribution in [3.8, 4) is 12.3 Å². The molecule has 5 heteroatoms. The summed E-state index contributed by atoms with van der Waals surface area (Å²) in [4.78, 5) is 21.0. The number of carbonyl (C=O) groups is 2. The monoisotopic (exact) mass is 226 g/mol. The fraction of sp³-hybridized carbons (Fsp3) is 0.636. The predicted octanol–water partition coefficient (Wildman–Crippen LogP) is 0.144. The fourth-order valence-electron chi connectivity index (χ4n) is 1.11. The maximum absolute atomic E-state index is 11.1. The summed E-state index contributed by atoms with van der Waals surface area (Å²) in [5.74, 6) is 2.37. The quantitative estimate of drug-likeness (QED) is 0.254. The van der Waals surface area contributed by atoms with Crippen LogP contribution >= 0.6 is 0 Å². The Hall–Kier alpha value is -1.54. The van der Waals surface area contributed by atoms with Gasteiger partial charge in [0.1, 0.15) is 0 Å². The summed E-state index contributed by atoms with van der Waals surface area (Å²) in [6.45, 7) is 0.934. The number of hydrogen-bond donors (Lipinski definition) is 2. The average molecular weight is 226 g/mol. The summed E-state index contributed by atoms with van der Waals surface area (Å²) in [5, 5.41) is 2.74. The zero-order chi connectivity index (χ0) is 12.2. The lowest BCUT2D eigenvalue weighted by atomic mass is 10.2. The highest BCUT2D eigenvalue weighted by Crippen LogP contribution is 1.98. The molecule has 0 aliphatic heterocycles. The summed E-state index contributed by atoms with van der Waals surface area (Å²) in [6, 6.07) is 0. The number of nitrogens with two attached hydrogens (primary N) is 1. The molecule has 0 saturated heterocycles. The molecule has 0 aromatic carbocycles. The molecule has 0 spiro atoms. The minimum Gasteiger partial charge on any atom is -0.449 e.